The second-order valence-electron chi connectivity index (χ2n) is 7.39. The molecule has 1 aliphatic rings. The molecular formula is C21H22Cl2N6O. The smallest absolute Gasteiger partial charge is 0.225 e. The summed E-state index contributed by atoms with van der Waals surface area (Å²) in [6, 6.07) is 10.7. The van der Waals surface area contributed by atoms with Crippen LogP contribution in [0.2, 0.25) is 10.2 Å². The van der Waals surface area contributed by atoms with E-state index in [4.69, 9.17) is 23.2 Å². The van der Waals surface area contributed by atoms with Crippen molar-refractivity contribution in [2.24, 2.45) is 13.0 Å². The molecule has 4 rings (SSSR count). The van der Waals surface area contributed by atoms with Crippen LogP contribution in [0.5, 0.6) is 0 Å². The Kier molecular flexibility index (Phi) is 6.20. The topological polar surface area (TPSA) is 75.9 Å². The van der Waals surface area contributed by atoms with Crippen LogP contribution in [0.4, 0.5) is 5.82 Å². The SMILES string of the molecule is Cn1ccnc1[C@@H](NC(=O)[C@H]1CCCN(c2ccc(Cl)nn2)C1)c1ccc(Cl)cc1. The number of aryl methyl sites for hydroxylation is 1. The van der Waals surface area contributed by atoms with E-state index >= 15 is 0 Å². The van der Waals surface area contributed by atoms with Crippen molar-refractivity contribution in [2.45, 2.75) is 18.9 Å². The van der Waals surface area contributed by atoms with E-state index in [9.17, 15) is 4.79 Å². The molecule has 1 saturated heterocycles. The van der Waals surface area contributed by atoms with Crippen LogP contribution in [0.1, 0.15) is 30.3 Å². The summed E-state index contributed by atoms with van der Waals surface area (Å²) < 4.78 is 1.91. The van der Waals surface area contributed by atoms with Gasteiger partial charge in [0, 0.05) is 37.6 Å². The maximum absolute atomic E-state index is 13.2. The number of amides is 1. The van der Waals surface area contributed by atoms with Gasteiger partial charge in [0.05, 0.1) is 5.92 Å². The van der Waals surface area contributed by atoms with Gasteiger partial charge in [-0.1, -0.05) is 35.3 Å². The van der Waals surface area contributed by atoms with Crippen molar-refractivity contribution in [3.05, 3.63) is 70.4 Å². The molecule has 1 fully saturated rings. The molecule has 0 saturated carbocycles. The molecule has 0 bridgehead atoms. The predicted molar refractivity (Wildman–Crippen MR) is 117 cm³/mol. The van der Waals surface area contributed by atoms with Crippen molar-refractivity contribution in [3.63, 3.8) is 0 Å². The fourth-order valence-electron chi connectivity index (χ4n) is 3.74. The number of anilines is 1. The number of benzene rings is 1. The van der Waals surface area contributed by atoms with Gasteiger partial charge in [-0.3, -0.25) is 4.79 Å². The fourth-order valence-corrected chi connectivity index (χ4v) is 3.97. The summed E-state index contributed by atoms with van der Waals surface area (Å²) in [5.74, 6) is 1.33. The van der Waals surface area contributed by atoms with Gasteiger partial charge >= 0.3 is 0 Å². The zero-order valence-electron chi connectivity index (χ0n) is 16.5. The Morgan fingerprint density at radius 3 is 2.63 bits per heavy atom. The third-order valence-corrected chi connectivity index (χ3v) is 5.79. The summed E-state index contributed by atoms with van der Waals surface area (Å²) in [6.45, 7) is 1.41. The maximum Gasteiger partial charge on any atom is 0.225 e. The number of imidazole rings is 1. The Bertz CT molecular complexity index is 1010. The second-order valence-corrected chi connectivity index (χ2v) is 8.21. The normalized spacial score (nSPS) is 17.6. The molecule has 30 heavy (non-hydrogen) atoms. The van der Waals surface area contributed by atoms with Crippen molar-refractivity contribution in [2.75, 3.05) is 18.0 Å². The van der Waals surface area contributed by atoms with Crippen LogP contribution in [0, 0.1) is 5.92 Å². The number of rotatable bonds is 5. The first-order valence-corrected chi connectivity index (χ1v) is 10.5. The number of nitrogens with zero attached hydrogens (tertiary/aromatic N) is 5. The van der Waals surface area contributed by atoms with Crippen LogP contribution in [0.15, 0.2) is 48.8 Å². The van der Waals surface area contributed by atoms with E-state index in [-0.39, 0.29) is 17.9 Å². The van der Waals surface area contributed by atoms with Crippen LogP contribution in [-0.2, 0) is 11.8 Å². The Balaban J connectivity index is 1.52. The van der Waals surface area contributed by atoms with Crippen molar-refractivity contribution in [3.8, 4) is 0 Å². The van der Waals surface area contributed by atoms with Crippen LogP contribution in [0.25, 0.3) is 0 Å². The molecule has 3 aromatic rings. The summed E-state index contributed by atoms with van der Waals surface area (Å²) in [5, 5.41) is 12.3. The van der Waals surface area contributed by atoms with E-state index in [1.165, 1.54) is 0 Å². The highest BCUT2D eigenvalue weighted by molar-refractivity contribution is 6.30. The van der Waals surface area contributed by atoms with Gasteiger partial charge in [-0.15, -0.1) is 10.2 Å². The van der Waals surface area contributed by atoms with E-state index in [0.29, 0.717) is 16.7 Å². The number of carbonyl (C=O) groups is 1. The van der Waals surface area contributed by atoms with Gasteiger partial charge in [-0.2, -0.15) is 0 Å². The molecule has 7 nitrogen and oxygen atoms in total. The third kappa shape index (κ3) is 4.57. The molecule has 2 aromatic heterocycles. The van der Waals surface area contributed by atoms with Crippen LogP contribution in [0.3, 0.4) is 0 Å². The molecule has 0 spiro atoms. The largest absolute Gasteiger partial charge is 0.354 e. The predicted octanol–water partition coefficient (Wildman–Crippen LogP) is 3.64. The number of nitrogens with one attached hydrogen (secondary N) is 1. The molecular weight excluding hydrogens is 423 g/mol. The number of aromatic nitrogens is 4. The molecule has 2 atom stereocenters. The molecule has 0 aliphatic carbocycles. The third-order valence-electron chi connectivity index (χ3n) is 5.34. The first-order chi connectivity index (χ1) is 14.5. The summed E-state index contributed by atoms with van der Waals surface area (Å²) in [6.07, 6.45) is 5.31. The van der Waals surface area contributed by atoms with Gasteiger partial charge in [0.25, 0.3) is 0 Å². The molecule has 9 heteroatoms. The molecule has 0 radical (unpaired) electrons. The number of piperidine rings is 1. The number of hydrogen-bond donors (Lipinski definition) is 1. The highest BCUT2D eigenvalue weighted by Gasteiger charge is 2.30. The standard InChI is InChI=1S/C21H22Cl2N6O/c1-28-12-10-24-20(28)19(14-4-6-16(22)7-5-14)25-21(30)15-3-2-11-29(13-15)18-9-8-17(23)26-27-18/h4-10,12,15,19H,2-3,11,13H2,1H3,(H,25,30)/t15-,19-/m0/s1. The highest BCUT2D eigenvalue weighted by atomic mass is 35.5. The Hall–Kier alpha value is -2.64. The van der Waals surface area contributed by atoms with Crippen molar-refractivity contribution in [1.29, 1.82) is 0 Å². The summed E-state index contributed by atoms with van der Waals surface area (Å²) in [4.78, 5) is 19.8. The zero-order chi connectivity index (χ0) is 21.1. The molecule has 1 aliphatic heterocycles. The van der Waals surface area contributed by atoms with Crippen LogP contribution >= 0.6 is 23.2 Å². The highest BCUT2D eigenvalue weighted by Crippen LogP contribution is 2.26. The van der Waals surface area contributed by atoms with E-state index < -0.39 is 0 Å². The lowest BCUT2D eigenvalue weighted by molar-refractivity contribution is -0.125. The monoisotopic (exact) mass is 444 g/mol. The van der Waals surface area contributed by atoms with Crippen LogP contribution < -0.4 is 10.2 Å². The van der Waals surface area contributed by atoms with Crippen molar-refractivity contribution < 1.29 is 4.79 Å². The quantitative estimate of drug-likeness (QED) is 0.649. The summed E-state index contributed by atoms with van der Waals surface area (Å²) in [5.41, 5.74) is 0.929. The zero-order valence-corrected chi connectivity index (χ0v) is 18.0. The minimum absolute atomic E-state index is 0.00965. The van der Waals surface area contributed by atoms with E-state index in [0.717, 1.165) is 36.6 Å². The van der Waals surface area contributed by atoms with E-state index in [1.807, 2.05) is 48.1 Å². The van der Waals surface area contributed by atoms with Gasteiger partial charge in [0.2, 0.25) is 5.91 Å². The fraction of sp³-hybridized carbons (Fsp3) is 0.333. The van der Waals surface area contributed by atoms with Gasteiger partial charge < -0.3 is 14.8 Å². The Morgan fingerprint density at radius 2 is 1.97 bits per heavy atom. The van der Waals surface area contributed by atoms with Crippen molar-refractivity contribution >= 4 is 34.9 Å². The average Bonchev–Trinajstić information content (AvgIpc) is 3.19. The van der Waals surface area contributed by atoms with Gasteiger partial charge in [-0.25, -0.2) is 4.98 Å². The van der Waals surface area contributed by atoms with Crippen molar-refractivity contribution in [1.82, 2.24) is 25.1 Å². The molecule has 1 amide bonds. The van der Waals surface area contributed by atoms with Gasteiger partial charge in [0.1, 0.15) is 11.9 Å². The molecule has 1 N–H and O–H groups in total. The first kappa shape index (κ1) is 20.6. The lowest BCUT2D eigenvalue weighted by atomic mass is 9.96. The van der Waals surface area contributed by atoms with E-state index in [1.54, 1.807) is 12.3 Å². The maximum atomic E-state index is 13.2. The molecule has 156 valence electrons. The first-order valence-electron chi connectivity index (χ1n) is 9.78. The second kappa shape index (κ2) is 9.02. The minimum Gasteiger partial charge on any atom is -0.354 e. The minimum atomic E-state index is -0.361. The lowest BCUT2D eigenvalue weighted by Gasteiger charge is -2.33. The summed E-state index contributed by atoms with van der Waals surface area (Å²) >= 11 is 11.9. The molecule has 1 aromatic carbocycles. The van der Waals surface area contributed by atoms with Gasteiger partial charge in [-0.05, 0) is 42.7 Å². The summed E-state index contributed by atoms with van der Waals surface area (Å²) in [7, 11) is 1.92. The van der Waals surface area contributed by atoms with Gasteiger partial charge in [0.15, 0.2) is 11.0 Å². The number of hydrogen-bond acceptors (Lipinski definition) is 5. The van der Waals surface area contributed by atoms with Crippen LogP contribution in [-0.4, -0.2) is 38.7 Å². The average molecular weight is 445 g/mol. The Morgan fingerprint density at radius 1 is 1.17 bits per heavy atom. The van der Waals surface area contributed by atoms with E-state index in [2.05, 4.69) is 25.4 Å². The number of halogens is 2. The lowest BCUT2D eigenvalue weighted by Crippen LogP contribution is -2.44. The Labute approximate surface area is 185 Å². The molecule has 3 heterocycles. The number of carbonyl (C=O) groups excluding carboxylic acids is 1. The molecule has 0 unspecified atom stereocenters.